The highest BCUT2D eigenvalue weighted by Crippen LogP contribution is 2.28. The van der Waals surface area contributed by atoms with Crippen LogP contribution in [0.1, 0.15) is 24.4 Å². The van der Waals surface area contributed by atoms with Crippen molar-refractivity contribution in [2.45, 2.75) is 18.9 Å². The molecule has 0 spiro atoms. The predicted octanol–water partition coefficient (Wildman–Crippen LogP) is 2.33. The largest absolute Gasteiger partial charge is 0.342 e. The number of nitrogens with zero attached hydrogens (tertiary/aromatic N) is 1. The summed E-state index contributed by atoms with van der Waals surface area (Å²) in [6, 6.07) is 19.6. The number of hydrogen-bond donors (Lipinski definition) is 3. The third-order valence-electron chi connectivity index (χ3n) is 5.68. The molecule has 0 aromatic heterocycles. The van der Waals surface area contributed by atoms with E-state index in [0.29, 0.717) is 32.5 Å². The fourth-order valence-electron chi connectivity index (χ4n) is 4.07. The highest BCUT2D eigenvalue weighted by Gasteiger charge is 2.38. The summed E-state index contributed by atoms with van der Waals surface area (Å²) in [5.74, 6) is 0.0315. The van der Waals surface area contributed by atoms with Crippen LogP contribution < -0.4 is 16.2 Å². The molecule has 28 heavy (non-hydrogen) atoms. The lowest BCUT2D eigenvalue weighted by atomic mass is 9.91. The van der Waals surface area contributed by atoms with E-state index in [-0.39, 0.29) is 29.7 Å². The molecule has 2 aromatic carbocycles. The van der Waals surface area contributed by atoms with Gasteiger partial charge in [0.1, 0.15) is 0 Å². The van der Waals surface area contributed by atoms with E-state index in [1.165, 1.54) is 0 Å². The number of piperidine rings is 1. The molecule has 146 valence electrons. The molecule has 0 bridgehead atoms. The van der Waals surface area contributed by atoms with Crippen molar-refractivity contribution in [1.82, 2.24) is 15.8 Å². The van der Waals surface area contributed by atoms with E-state index in [1.807, 2.05) is 65.6 Å². The molecular formula is C22H26N4O2. The number of nitrogens with one attached hydrogen (secondary N) is 3. The van der Waals surface area contributed by atoms with Gasteiger partial charge in [-0.15, -0.1) is 0 Å². The molecule has 2 amide bonds. The SMILES string of the molecule is O=C(Nc1ccccc1)C1CCN(C(=O)C2CNNC2c2ccccc2)CC1. The van der Waals surface area contributed by atoms with E-state index in [1.54, 1.807) is 0 Å². The van der Waals surface area contributed by atoms with Gasteiger partial charge in [0.05, 0.1) is 12.0 Å². The summed E-state index contributed by atoms with van der Waals surface area (Å²) in [7, 11) is 0. The monoisotopic (exact) mass is 378 g/mol. The van der Waals surface area contributed by atoms with Gasteiger partial charge in [-0.25, -0.2) is 5.43 Å². The minimum atomic E-state index is -0.128. The molecule has 4 rings (SSSR count). The number of carbonyl (C=O) groups is 2. The van der Waals surface area contributed by atoms with Crippen LogP contribution in [0.3, 0.4) is 0 Å². The molecule has 3 N–H and O–H groups in total. The summed E-state index contributed by atoms with van der Waals surface area (Å²) in [6.07, 6.45) is 1.40. The van der Waals surface area contributed by atoms with Gasteiger partial charge in [0, 0.05) is 31.2 Å². The summed E-state index contributed by atoms with van der Waals surface area (Å²) < 4.78 is 0. The van der Waals surface area contributed by atoms with Gasteiger partial charge in [-0.1, -0.05) is 48.5 Å². The topological polar surface area (TPSA) is 73.5 Å². The molecule has 6 heteroatoms. The Morgan fingerprint density at radius 1 is 0.929 bits per heavy atom. The summed E-state index contributed by atoms with van der Waals surface area (Å²) in [5.41, 5.74) is 8.30. The molecule has 6 nitrogen and oxygen atoms in total. The molecule has 2 saturated heterocycles. The number of hydrazine groups is 1. The highest BCUT2D eigenvalue weighted by molar-refractivity contribution is 5.92. The van der Waals surface area contributed by atoms with Crippen molar-refractivity contribution in [3.8, 4) is 0 Å². The van der Waals surface area contributed by atoms with Crippen molar-refractivity contribution < 1.29 is 9.59 Å². The van der Waals surface area contributed by atoms with Crippen LogP contribution in [0.15, 0.2) is 60.7 Å². The van der Waals surface area contributed by atoms with Gasteiger partial charge in [-0.3, -0.25) is 15.0 Å². The maximum absolute atomic E-state index is 13.1. The Morgan fingerprint density at radius 2 is 1.57 bits per heavy atom. The first-order valence-corrected chi connectivity index (χ1v) is 9.90. The molecule has 2 fully saturated rings. The zero-order chi connectivity index (χ0) is 19.3. The molecular weight excluding hydrogens is 352 g/mol. The number of hydrogen-bond acceptors (Lipinski definition) is 4. The molecule has 2 aliphatic rings. The number of anilines is 1. The molecule has 2 atom stereocenters. The third kappa shape index (κ3) is 4.08. The third-order valence-corrected chi connectivity index (χ3v) is 5.68. The summed E-state index contributed by atoms with van der Waals surface area (Å²) in [5, 5.41) is 2.98. The van der Waals surface area contributed by atoms with Crippen molar-refractivity contribution in [1.29, 1.82) is 0 Å². The molecule has 2 unspecified atom stereocenters. The summed E-state index contributed by atoms with van der Waals surface area (Å²) in [4.78, 5) is 27.5. The van der Waals surface area contributed by atoms with Crippen molar-refractivity contribution in [2.24, 2.45) is 11.8 Å². The number of likely N-dealkylation sites (tertiary alicyclic amines) is 1. The van der Waals surface area contributed by atoms with Crippen LogP contribution in [0.4, 0.5) is 5.69 Å². The average molecular weight is 378 g/mol. The van der Waals surface area contributed by atoms with Crippen LogP contribution in [0.25, 0.3) is 0 Å². The Morgan fingerprint density at radius 3 is 2.25 bits per heavy atom. The molecule has 0 saturated carbocycles. The van der Waals surface area contributed by atoms with E-state index in [0.717, 1.165) is 11.3 Å². The number of carbonyl (C=O) groups excluding carboxylic acids is 2. The first-order chi connectivity index (χ1) is 13.7. The Hall–Kier alpha value is -2.70. The summed E-state index contributed by atoms with van der Waals surface area (Å²) in [6.45, 7) is 1.88. The maximum atomic E-state index is 13.1. The van der Waals surface area contributed by atoms with Crippen LogP contribution >= 0.6 is 0 Å². The fourth-order valence-corrected chi connectivity index (χ4v) is 4.07. The minimum Gasteiger partial charge on any atom is -0.342 e. The second-order valence-electron chi connectivity index (χ2n) is 7.47. The molecule has 2 aliphatic heterocycles. The lowest BCUT2D eigenvalue weighted by Gasteiger charge is -2.34. The Bertz CT molecular complexity index is 804. The lowest BCUT2D eigenvalue weighted by molar-refractivity contribution is -0.138. The van der Waals surface area contributed by atoms with Gasteiger partial charge in [0.2, 0.25) is 11.8 Å². The molecule has 0 aliphatic carbocycles. The standard InChI is InChI=1S/C22H26N4O2/c27-21(24-18-9-5-2-6-10-18)17-11-13-26(14-12-17)22(28)19-15-23-25-20(19)16-7-3-1-4-8-16/h1-10,17,19-20,23,25H,11-15H2,(H,24,27). The fraction of sp³-hybridized carbons (Fsp3) is 0.364. The highest BCUT2D eigenvalue weighted by atomic mass is 16.2. The number of rotatable bonds is 4. The smallest absolute Gasteiger partial charge is 0.229 e. The normalized spacial score (nSPS) is 22.8. The maximum Gasteiger partial charge on any atom is 0.229 e. The van der Waals surface area contributed by atoms with Crippen molar-refractivity contribution in [3.05, 3.63) is 66.2 Å². The summed E-state index contributed by atoms with van der Waals surface area (Å²) >= 11 is 0. The Kier molecular flexibility index (Phi) is 5.69. The van der Waals surface area contributed by atoms with E-state index >= 15 is 0 Å². The van der Waals surface area contributed by atoms with Crippen LogP contribution in [0.5, 0.6) is 0 Å². The average Bonchev–Trinajstić information content (AvgIpc) is 3.24. The van der Waals surface area contributed by atoms with Gasteiger partial charge >= 0.3 is 0 Å². The van der Waals surface area contributed by atoms with E-state index in [4.69, 9.17) is 0 Å². The van der Waals surface area contributed by atoms with Gasteiger partial charge in [-0.2, -0.15) is 0 Å². The van der Waals surface area contributed by atoms with Crippen molar-refractivity contribution >= 4 is 17.5 Å². The van der Waals surface area contributed by atoms with E-state index in [9.17, 15) is 9.59 Å². The first-order valence-electron chi connectivity index (χ1n) is 9.90. The zero-order valence-electron chi connectivity index (χ0n) is 15.8. The van der Waals surface area contributed by atoms with Crippen LogP contribution in [0, 0.1) is 11.8 Å². The van der Waals surface area contributed by atoms with Gasteiger partial charge in [0.15, 0.2) is 0 Å². The van der Waals surface area contributed by atoms with E-state index < -0.39 is 0 Å². The zero-order valence-corrected chi connectivity index (χ0v) is 15.8. The van der Waals surface area contributed by atoms with E-state index in [2.05, 4.69) is 16.2 Å². The second kappa shape index (κ2) is 8.54. The number of amides is 2. The van der Waals surface area contributed by atoms with Crippen LogP contribution in [-0.4, -0.2) is 36.3 Å². The minimum absolute atomic E-state index is 0.0206. The van der Waals surface area contributed by atoms with Crippen molar-refractivity contribution in [2.75, 3.05) is 25.0 Å². The Balaban J connectivity index is 1.33. The van der Waals surface area contributed by atoms with Gasteiger partial charge < -0.3 is 10.2 Å². The predicted molar refractivity (Wildman–Crippen MR) is 108 cm³/mol. The Labute approximate surface area is 165 Å². The van der Waals surface area contributed by atoms with Crippen LogP contribution in [0.2, 0.25) is 0 Å². The number of para-hydroxylation sites is 1. The van der Waals surface area contributed by atoms with Gasteiger partial charge in [-0.05, 0) is 30.5 Å². The quantitative estimate of drug-likeness (QED) is 0.764. The lowest BCUT2D eigenvalue weighted by Crippen LogP contribution is -2.45. The van der Waals surface area contributed by atoms with Crippen molar-refractivity contribution in [3.63, 3.8) is 0 Å². The van der Waals surface area contributed by atoms with Gasteiger partial charge in [0.25, 0.3) is 0 Å². The molecule has 2 heterocycles. The molecule has 2 aromatic rings. The second-order valence-corrected chi connectivity index (χ2v) is 7.47. The first kappa shape index (κ1) is 18.7. The number of benzene rings is 2. The van der Waals surface area contributed by atoms with Crippen LogP contribution in [-0.2, 0) is 9.59 Å². The molecule has 0 radical (unpaired) electrons.